The van der Waals surface area contributed by atoms with Gasteiger partial charge in [0.1, 0.15) is 5.82 Å². The standard InChI is InChI=1S/C14H15FN2O2S/c15-12-7-4-8-13(9-12)20(18,19)17-14(10-16)11-5-2-1-3-6-11/h1-9,14,17H,10,16H2. The molecule has 0 saturated heterocycles. The molecule has 0 saturated carbocycles. The average Bonchev–Trinajstić information content (AvgIpc) is 2.46. The monoisotopic (exact) mass is 294 g/mol. The van der Waals surface area contributed by atoms with Crippen molar-refractivity contribution < 1.29 is 12.8 Å². The minimum absolute atomic E-state index is 0.110. The lowest BCUT2D eigenvalue weighted by Crippen LogP contribution is -2.33. The van der Waals surface area contributed by atoms with E-state index >= 15 is 0 Å². The van der Waals surface area contributed by atoms with Crippen molar-refractivity contribution in [2.75, 3.05) is 6.54 Å². The first kappa shape index (κ1) is 14.6. The third kappa shape index (κ3) is 3.41. The van der Waals surface area contributed by atoms with Crippen LogP contribution < -0.4 is 10.5 Å². The van der Waals surface area contributed by atoms with Crippen LogP contribution in [0.15, 0.2) is 59.5 Å². The summed E-state index contributed by atoms with van der Waals surface area (Å²) in [7, 11) is -3.81. The van der Waals surface area contributed by atoms with Crippen molar-refractivity contribution in [1.82, 2.24) is 4.72 Å². The first-order chi connectivity index (χ1) is 9.53. The maximum Gasteiger partial charge on any atom is 0.241 e. The van der Waals surface area contributed by atoms with Gasteiger partial charge in [-0.25, -0.2) is 17.5 Å². The van der Waals surface area contributed by atoms with Crippen LogP contribution in [0, 0.1) is 5.82 Å². The molecule has 4 nitrogen and oxygen atoms in total. The number of rotatable bonds is 5. The summed E-state index contributed by atoms with van der Waals surface area (Å²) in [5.74, 6) is -0.600. The fourth-order valence-electron chi connectivity index (χ4n) is 1.83. The molecule has 2 rings (SSSR count). The maximum absolute atomic E-state index is 13.1. The predicted octanol–water partition coefficient (Wildman–Crippen LogP) is 1.80. The summed E-state index contributed by atoms with van der Waals surface area (Å²) in [5, 5.41) is 0. The van der Waals surface area contributed by atoms with Crippen LogP contribution in [-0.2, 0) is 10.0 Å². The van der Waals surface area contributed by atoms with Gasteiger partial charge in [-0.15, -0.1) is 0 Å². The highest BCUT2D eigenvalue weighted by Gasteiger charge is 2.20. The Hall–Kier alpha value is -1.76. The van der Waals surface area contributed by atoms with E-state index in [0.29, 0.717) is 0 Å². The van der Waals surface area contributed by atoms with E-state index in [-0.39, 0.29) is 11.4 Å². The van der Waals surface area contributed by atoms with Gasteiger partial charge in [-0.2, -0.15) is 0 Å². The molecule has 20 heavy (non-hydrogen) atoms. The van der Waals surface area contributed by atoms with Gasteiger partial charge in [0.25, 0.3) is 0 Å². The number of sulfonamides is 1. The highest BCUT2D eigenvalue weighted by atomic mass is 32.2. The fourth-order valence-corrected chi connectivity index (χ4v) is 3.10. The molecule has 0 aliphatic rings. The Balaban J connectivity index is 2.27. The molecule has 1 unspecified atom stereocenters. The van der Waals surface area contributed by atoms with Crippen molar-refractivity contribution in [3.05, 3.63) is 66.0 Å². The van der Waals surface area contributed by atoms with Gasteiger partial charge in [-0.3, -0.25) is 0 Å². The van der Waals surface area contributed by atoms with Crippen LogP contribution >= 0.6 is 0 Å². The molecule has 0 heterocycles. The summed E-state index contributed by atoms with van der Waals surface area (Å²) in [6, 6.07) is 13.3. The van der Waals surface area contributed by atoms with Crippen molar-refractivity contribution >= 4 is 10.0 Å². The van der Waals surface area contributed by atoms with Gasteiger partial charge in [0.05, 0.1) is 10.9 Å². The van der Waals surface area contributed by atoms with E-state index in [2.05, 4.69) is 4.72 Å². The van der Waals surface area contributed by atoms with Crippen LogP contribution in [0.3, 0.4) is 0 Å². The van der Waals surface area contributed by atoms with Crippen LogP contribution in [0.2, 0.25) is 0 Å². The van der Waals surface area contributed by atoms with Gasteiger partial charge in [-0.1, -0.05) is 36.4 Å². The van der Waals surface area contributed by atoms with Gasteiger partial charge >= 0.3 is 0 Å². The zero-order chi connectivity index (χ0) is 14.6. The Kier molecular flexibility index (Phi) is 4.49. The number of nitrogens with one attached hydrogen (secondary N) is 1. The second kappa shape index (κ2) is 6.13. The average molecular weight is 294 g/mol. The molecular formula is C14H15FN2O2S. The molecular weight excluding hydrogens is 279 g/mol. The molecule has 1 atom stereocenters. The summed E-state index contributed by atoms with van der Waals surface area (Å²) in [4.78, 5) is -0.119. The second-order valence-electron chi connectivity index (χ2n) is 4.28. The summed E-state index contributed by atoms with van der Waals surface area (Å²) in [6.45, 7) is 0.110. The SMILES string of the molecule is NCC(NS(=O)(=O)c1cccc(F)c1)c1ccccc1. The summed E-state index contributed by atoms with van der Waals surface area (Å²) >= 11 is 0. The molecule has 0 aliphatic heterocycles. The molecule has 0 amide bonds. The third-order valence-electron chi connectivity index (χ3n) is 2.84. The molecule has 0 bridgehead atoms. The van der Waals surface area contributed by atoms with Crippen LogP contribution in [0.4, 0.5) is 4.39 Å². The van der Waals surface area contributed by atoms with E-state index in [1.54, 1.807) is 24.3 Å². The van der Waals surface area contributed by atoms with Crippen molar-refractivity contribution in [2.45, 2.75) is 10.9 Å². The molecule has 0 aliphatic carbocycles. The van der Waals surface area contributed by atoms with Gasteiger partial charge in [-0.05, 0) is 23.8 Å². The Bertz CT molecular complexity index is 675. The molecule has 2 aromatic carbocycles. The normalized spacial score (nSPS) is 13.1. The predicted molar refractivity (Wildman–Crippen MR) is 75.0 cm³/mol. The molecule has 0 aromatic heterocycles. The van der Waals surface area contributed by atoms with Gasteiger partial charge in [0.15, 0.2) is 0 Å². The van der Waals surface area contributed by atoms with E-state index < -0.39 is 21.9 Å². The maximum atomic E-state index is 13.1. The van der Waals surface area contributed by atoms with Crippen LogP contribution in [0.5, 0.6) is 0 Å². The second-order valence-corrected chi connectivity index (χ2v) is 5.99. The summed E-state index contributed by atoms with van der Waals surface area (Å²) in [6.07, 6.45) is 0. The zero-order valence-electron chi connectivity index (χ0n) is 10.7. The minimum Gasteiger partial charge on any atom is -0.329 e. The lowest BCUT2D eigenvalue weighted by Gasteiger charge is -2.17. The minimum atomic E-state index is -3.81. The molecule has 6 heteroatoms. The van der Waals surface area contributed by atoms with E-state index in [4.69, 9.17) is 5.73 Å². The molecule has 106 valence electrons. The van der Waals surface area contributed by atoms with Gasteiger partial charge in [0.2, 0.25) is 10.0 Å². The van der Waals surface area contributed by atoms with Crippen LogP contribution in [0.1, 0.15) is 11.6 Å². The number of hydrogen-bond donors (Lipinski definition) is 2. The molecule has 2 aromatic rings. The summed E-state index contributed by atoms with van der Waals surface area (Å²) < 4.78 is 40.0. The topological polar surface area (TPSA) is 72.2 Å². The number of hydrogen-bond acceptors (Lipinski definition) is 3. The Labute approximate surface area is 117 Å². The first-order valence-corrected chi connectivity index (χ1v) is 7.54. The largest absolute Gasteiger partial charge is 0.329 e. The quantitative estimate of drug-likeness (QED) is 0.883. The molecule has 0 spiro atoms. The van der Waals surface area contributed by atoms with Crippen LogP contribution in [-0.4, -0.2) is 15.0 Å². The van der Waals surface area contributed by atoms with E-state index in [0.717, 1.165) is 11.6 Å². The zero-order valence-corrected chi connectivity index (χ0v) is 11.5. The smallest absolute Gasteiger partial charge is 0.241 e. The van der Waals surface area contributed by atoms with E-state index in [9.17, 15) is 12.8 Å². The first-order valence-electron chi connectivity index (χ1n) is 6.06. The Morgan fingerprint density at radius 3 is 2.40 bits per heavy atom. The van der Waals surface area contributed by atoms with E-state index in [1.807, 2.05) is 6.07 Å². The molecule has 0 radical (unpaired) electrons. The Morgan fingerprint density at radius 1 is 1.10 bits per heavy atom. The lowest BCUT2D eigenvalue weighted by atomic mass is 10.1. The van der Waals surface area contributed by atoms with Crippen molar-refractivity contribution in [3.8, 4) is 0 Å². The van der Waals surface area contributed by atoms with Crippen molar-refractivity contribution in [1.29, 1.82) is 0 Å². The fraction of sp³-hybridized carbons (Fsp3) is 0.143. The van der Waals surface area contributed by atoms with Crippen LogP contribution in [0.25, 0.3) is 0 Å². The summed E-state index contributed by atoms with van der Waals surface area (Å²) in [5.41, 5.74) is 6.38. The highest BCUT2D eigenvalue weighted by molar-refractivity contribution is 7.89. The Morgan fingerprint density at radius 2 is 1.80 bits per heavy atom. The van der Waals surface area contributed by atoms with Gasteiger partial charge in [0, 0.05) is 6.54 Å². The molecule has 0 fully saturated rings. The van der Waals surface area contributed by atoms with Crippen molar-refractivity contribution in [3.63, 3.8) is 0 Å². The number of benzene rings is 2. The highest BCUT2D eigenvalue weighted by Crippen LogP contribution is 2.17. The lowest BCUT2D eigenvalue weighted by molar-refractivity contribution is 0.556. The number of nitrogens with two attached hydrogens (primary N) is 1. The molecule has 3 N–H and O–H groups in total. The van der Waals surface area contributed by atoms with E-state index in [1.165, 1.54) is 18.2 Å². The van der Waals surface area contributed by atoms with Crippen molar-refractivity contribution in [2.24, 2.45) is 5.73 Å². The van der Waals surface area contributed by atoms with Gasteiger partial charge < -0.3 is 5.73 Å². The third-order valence-corrected chi connectivity index (χ3v) is 4.31. The number of halogens is 1.